The Labute approximate surface area is 141 Å². The topological polar surface area (TPSA) is 64.8 Å². The van der Waals surface area contributed by atoms with Crippen LogP contribution in [0.4, 0.5) is 11.4 Å². The lowest BCUT2D eigenvalue weighted by Crippen LogP contribution is -2.47. The molecule has 1 aliphatic heterocycles. The lowest BCUT2D eigenvalue weighted by Gasteiger charge is -2.34. The van der Waals surface area contributed by atoms with E-state index in [4.69, 9.17) is 15.2 Å². The van der Waals surface area contributed by atoms with Gasteiger partial charge in [0.25, 0.3) is 5.91 Å². The van der Waals surface area contributed by atoms with Gasteiger partial charge in [0.2, 0.25) is 0 Å². The highest BCUT2D eigenvalue weighted by Gasteiger charge is 2.34. The minimum absolute atomic E-state index is 0.0990. The first-order chi connectivity index (χ1) is 11.6. The Morgan fingerprint density at radius 1 is 1.33 bits per heavy atom. The summed E-state index contributed by atoms with van der Waals surface area (Å²) in [5.74, 6) is 1.25. The maximum Gasteiger partial charge on any atom is 0.268 e. The van der Waals surface area contributed by atoms with Crippen LogP contribution in [-0.4, -0.2) is 25.7 Å². The molecule has 24 heavy (non-hydrogen) atoms. The van der Waals surface area contributed by atoms with Crippen molar-refractivity contribution in [3.05, 3.63) is 60.7 Å². The number of hydrogen-bond donors (Lipinski definition) is 1. The van der Waals surface area contributed by atoms with Crippen molar-refractivity contribution in [2.75, 3.05) is 24.3 Å². The van der Waals surface area contributed by atoms with Gasteiger partial charge in [-0.25, -0.2) is 0 Å². The van der Waals surface area contributed by atoms with Crippen LogP contribution in [0.2, 0.25) is 0 Å². The average molecular weight is 324 g/mol. The molecule has 3 rings (SSSR count). The van der Waals surface area contributed by atoms with Crippen molar-refractivity contribution in [1.82, 2.24) is 0 Å². The summed E-state index contributed by atoms with van der Waals surface area (Å²) in [4.78, 5) is 14.5. The first-order valence-corrected chi connectivity index (χ1v) is 7.74. The van der Waals surface area contributed by atoms with Gasteiger partial charge in [-0.05, 0) is 23.8 Å². The molecule has 1 aliphatic rings. The van der Waals surface area contributed by atoms with Gasteiger partial charge in [-0.15, -0.1) is 6.58 Å². The molecule has 1 unspecified atom stereocenters. The Balaban J connectivity index is 1.94. The lowest BCUT2D eigenvalue weighted by atomic mass is 10.0. The fourth-order valence-corrected chi connectivity index (χ4v) is 2.86. The Kier molecular flexibility index (Phi) is 4.42. The fraction of sp³-hybridized carbons (Fsp3) is 0.211. The summed E-state index contributed by atoms with van der Waals surface area (Å²) in [6.07, 6.45) is 1.49. The third kappa shape index (κ3) is 2.93. The molecule has 0 fully saturated rings. The van der Waals surface area contributed by atoms with Gasteiger partial charge in [-0.2, -0.15) is 0 Å². The van der Waals surface area contributed by atoms with E-state index in [2.05, 4.69) is 6.58 Å². The zero-order valence-electron chi connectivity index (χ0n) is 13.6. The molecule has 5 heteroatoms. The quantitative estimate of drug-likeness (QED) is 0.678. The van der Waals surface area contributed by atoms with Crippen LogP contribution in [0, 0.1) is 0 Å². The van der Waals surface area contributed by atoms with Crippen LogP contribution >= 0.6 is 0 Å². The van der Waals surface area contributed by atoms with Crippen LogP contribution in [0.25, 0.3) is 0 Å². The van der Waals surface area contributed by atoms with Crippen LogP contribution in [0.5, 0.6) is 11.5 Å². The smallest absolute Gasteiger partial charge is 0.268 e. The highest BCUT2D eigenvalue weighted by Crippen LogP contribution is 2.36. The molecule has 0 radical (unpaired) electrons. The molecule has 2 aromatic carbocycles. The van der Waals surface area contributed by atoms with Gasteiger partial charge in [-0.1, -0.05) is 24.3 Å². The molecule has 0 aliphatic carbocycles. The van der Waals surface area contributed by atoms with E-state index in [0.717, 1.165) is 11.3 Å². The van der Waals surface area contributed by atoms with Gasteiger partial charge in [0.05, 0.1) is 12.8 Å². The molecule has 0 saturated heterocycles. The summed E-state index contributed by atoms with van der Waals surface area (Å²) in [6.45, 7) is 4.15. The molecule has 1 amide bonds. The number of carbonyl (C=O) groups is 1. The van der Waals surface area contributed by atoms with E-state index < -0.39 is 6.10 Å². The van der Waals surface area contributed by atoms with Crippen LogP contribution in [0.3, 0.4) is 0 Å². The number of ether oxygens (including phenoxy) is 2. The number of fused-ring (bicyclic) bond motifs is 1. The zero-order valence-corrected chi connectivity index (χ0v) is 13.6. The molecular weight excluding hydrogens is 304 g/mol. The largest absolute Gasteiger partial charge is 0.496 e. The van der Waals surface area contributed by atoms with Gasteiger partial charge in [0, 0.05) is 24.7 Å². The van der Waals surface area contributed by atoms with Crippen molar-refractivity contribution in [2.24, 2.45) is 0 Å². The van der Waals surface area contributed by atoms with Crippen molar-refractivity contribution >= 4 is 17.3 Å². The Bertz CT molecular complexity index is 773. The van der Waals surface area contributed by atoms with Crippen molar-refractivity contribution in [1.29, 1.82) is 0 Å². The maximum absolute atomic E-state index is 12.8. The second-order valence-corrected chi connectivity index (χ2v) is 5.59. The lowest BCUT2D eigenvalue weighted by molar-refractivity contribution is -0.126. The molecule has 1 heterocycles. The SMILES string of the molecule is C=CCN1C(=O)C(Cc2ccccc2OC)Oc2cc(N)ccc21. The van der Waals surface area contributed by atoms with Crippen molar-refractivity contribution in [2.45, 2.75) is 12.5 Å². The minimum atomic E-state index is -0.629. The maximum atomic E-state index is 12.8. The predicted molar refractivity (Wildman–Crippen MR) is 94.5 cm³/mol. The second kappa shape index (κ2) is 6.66. The number of hydrogen-bond acceptors (Lipinski definition) is 4. The number of nitrogens with zero attached hydrogens (tertiary/aromatic N) is 1. The number of para-hydroxylation sites is 1. The van der Waals surface area contributed by atoms with E-state index in [-0.39, 0.29) is 5.91 Å². The predicted octanol–water partition coefficient (Wildman–Crippen LogP) is 2.80. The summed E-state index contributed by atoms with van der Waals surface area (Å²) >= 11 is 0. The van der Waals surface area contributed by atoms with Crippen LogP contribution in [0.1, 0.15) is 5.56 Å². The summed E-state index contributed by atoms with van der Waals surface area (Å²) < 4.78 is 11.3. The number of rotatable bonds is 5. The first kappa shape index (κ1) is 15.9. The zero-order chi connectivity index (χ0) is 17.1. The van der Waals surface area contributed by atoms with E-state index in [1.165, 1.54) is 0 Å². The number of methoxy groups -OCH3 is 1. The van der Waals surface area contributed by atoms with Crippen molar-refractivity contribution in [3.63, 3.8) is 0 Å². The Morgan fingerprint density at radius 3 is 2.88 bits per heavy atom. The molecule has 0 bridgehead atoms. The molecule has 0 aromatic heterocycles. The molecule has 124 valence electrons. The van der Waals surface area contributed by atoms with Crippen molar-refractivity contribution in [3.8, 4) is 11.5 Å². The van der Waals surface area contributed by atoms with E-state index in [9.17, 15) is 4.79 Å². The summed E-state index contributed by atoms with van der Waals surface area (Å²) in [5.41, 5.74) is 8.08. The van der Waals surface area contributed by atoms with E-state index >= 15 is 0 Å². The molecule has 0 spiro atoms. The number of nitrogen functional groups attached to an aromatic ring is 1. The van der Waals surface area contributed by atoms with Gasteiger partial charge in [0.1, 0.15) is 11.5 Å². The third-order valence-electron chi connectivity index (χ3n) is 3.99. The number of amides is 1. The molecule has 0 saturated carbocycles. The highest BCUT2D eigenvalue weighted by atomic mass is 16.5. The van der Waals surface area contributed by atoms with Crippen molar-refractivity contribution < 1.29 is 14.3 Å². The number of carbonyl (C=O) groups excluding carboxylic acids is 1. The molecule has 5 nitrogen and oxygen atoms in total. The molecular formula is C19H20N2O3. The first-order valence-electron chi connectivity index (χ1n) is 7.74. The van der Waals surface area contributed by atoms with E-state index in [1.54, 1.807) is 36.3 Å². The van der Waals surface area contributed by atoms with Gasteiger partial charge < -0.3 is 20.1 Å². The van der Waals surface area contributed by atoms with Crippen LogP contribution in [-0.2, 0) is 11.2 Å². The van der Waals surface area contributed by atoms with Gasteiger partial charge in [0.15, 0.2) is 6.10 Å². The molecule has 2 aromatic rings. The highest BCUT2D eigenvalue weighted by molar-refractivity contribution is 6.00. The molecule has 2 N–H and O–H groups in total. The second-order valence-electron chi connectivity index (χ2n) is 5.59. The number of anilines is 2. The minimum Gasteiger partial charge on any atom is -0.496 e. The Hall–Kier alpha value is -2.95. The standard InChI is InChI=1S/C19H20N2O3/c1-3-10-21-15-9-8-14(20)12-17(15)24-18(19(21)22)11-13-6-4-5-7-16(13)23-2/h3-9,12,18H,1,10-11,20H2,2H3. The van der Waals surface area contributed by atoms with Gasteiger partial charge in [-0.3, -0.25) is 4.79 Å². The number of nitrogens with two attached hydrogens (primary N) is 1. The van der Waals surface area contributed by atoms with E-state index in [1.807, 2.05) is 24.3 Å². The third-order valence-corrected chi connectivity index (χ3v) is 3.99. The monoisotopic (exact) mass is 324 g/mol. The molecule has 1 atom stereocenters. The summed E-state index contributed by atoms with van der Waals surface area (Å²) in [6, 6.07) is 12.9. The fourth-order valence-electron chi connectivity index (χ4n) is 2.86. The number of benzene rings is 2. The normalized spacial score (nSPS) is 16.3. The Morgan fingerprint density at radius 2 is 2.12 bits per heavy atom. The average Bonchev–Trinajstić information content (AvgIpc) is 2.59. The van der Waals surface area contributed by atoms with Crippen LogP contribution in [0.15, 0.2) is 55.1 Å². The van der Waals surface area contributed by atoms with E-state index in [0.29, 0.717) is 30.1 Å². The summed E-state index contributed by atoms with van der Waals surface area (Å²) in [7, 11) is 1.61. The van der Waals surface area contributed by atoms with Crippen LogP contribution < -0.4 is 20.1 Å². The summed E-state index contributed by atoms with van der Waals surface area (Å²) in [5, 5.41) is 0. The van der Waals surface area contributed by atoms with Gasteiger partial charge >= 0.3 is 0 Å².